The zero-order chi connectivity index (χ0) is 16.7. The number of amides is 1. The number of ether oxygens (including phenoxy) is 1. The van der Waals surface area contributed by atoms with Crippen LogP contribution in [0.25, 0.3) is 6.08 Å². The number of nitrogens with zero attached hydrogens (tertiary/aromatic N) is 1. The van der Waals surface area contributed by atoms with E-state index < -0.39 is 12.5 Å². The lowest BCUT2D eigenvalue weighted by molar-refractivity contribution is -0.112. The molecule has 0 heterocycles. The van der Waals surface area contributed by atoms with Gasteiger partial charge in [0, 0.05) is 11.3 Å². The van der Waals surface area contributed by atoms with Crippen LogP contribution >= 0.6 is 0 Å². The molecule has 116 valence electrons. The Labute approximate surface area is 131 Å². The highest BCUT2D eigenvalue weighted by Gasteiger charge is 2.12. The molecule has 1 amide bonds. The third-order valence-corrected chi connectivity index (χ3v) is 2.83. The number of nitriles is 1. The third-order valence-electron chi connectivity index (χ3n) is 2.83. The van der Waals surface area contributed by atoms with E-state index in [9.17, 15) is 13.6 Å². The van der Waals surface area contributed by atoms with Crippen molar-refractivity contribution in [3.63, 3.8) is 0 Å². The number of hydrogen-bond donors (Lipinski definition) is 1. The molecule has 0 radical (unpaired) electrons. The molecule has 2 aromatic rings. The highest BCUT2D eigenvalue weighted by atomic mass is 19.3. The first-order valence-electron chi connectivity index (χ1n) is 6.62. The van der Waals surface area contributed by atoms with Gasteiger partial charge in [-0.25, -0.2) is 0 Å². The van der Waals surface area contributed by atoms with Crippen LogP contribution in [0, 0.1) is 11.3 Å². The first kappa shape index (κ1) is 16.2. The molecule has 0 fully saturated rings. The van der Waals surface area contributed by atoms with Gasteiger partial charge >= 0.3 is 6.61 Å². The normalized spacial score (nSPS) is 11.0. The second kappa shape index (κ2) is 7.71. The number of carbonyl (C=O) groups excluding carboxylic acids is 1. The number of alkyl halides is 2. The number of para-hydroxylation sites is 2. The van der Waals surface area contributed by atoms with Gasteiger partial charge in [-0.1, -0.05) is 36.4 Å². The lowest BCUT2D eigenvalue weighted by Crippen LogP contribution is -2.13. The number of benzene rings is 2. The Balaban J connectivity index is 2.25. The summed E-state index contributed by atoms with van der Waals surface area (Å²) in [6, 6.07) is 16.3. The monoisotopic (exact) mass is 314 g/mol. The lowest BCUT2D eigenvalue weighted by atomic mass is 10.1. The zero-order valence-corrected chi connectivity index (χ0v) is 11.9. The maximum Gasteiger partial charge on any atom is 0.387 e. The standard InChI is InChI=1S/C17H12F2N2O2/c18-17(19)23-15-9-5-4-6-12(15)10-13(11-20)16(22)21-14-7-2-1-3-8-14/h1-10,17H,(H,21,22)/b13-10-. The SMILES string of the molecule is N#C/C(=C/c1ccccc1OC(F)F)C(=O)Nc1ccccc1. The molecule has 0 aliphatic heterocycles. The quantitative estimate of drug-likeness (QED) is 0.674. The molecule has 6 heteroatoms. The van der Waals surface area contributed by atoms with Crippen LogP contribution in [-0.4, -0.2) is 12.5 Å². The van der Waals surface area contributed by atoms with Crippen LogP contribution in [0.15, 0.2) is 60.2 Å². The fourth-order valence-electron chi connectivity index (χ4n) is 1.83. The van der Waals surface area contributed by atoms with Gasteiger partial charge in [0.1, 0.15) is 17.4 Å². The number of halogens is 2. The van der Waals surface area contributed by atoms with E-state index in [1.807, 2.05) is 0 Å². The van der Waals surface area contributed by atoms with Crippen LogP contribution < -0.4 is 10.1 Å². The van der Waals surface area contributed by atoms with E-state index in [1.54, 1.807) is 42.5 Å². The van der Waals surface area contributed by atoms with Gasteiger partial charge in [-0.05, 0) is 24.3 Å². The Morgan fingerprint density at radius 1 is 1.13 bits per heavy atom. The van der Waals surface area contributed by atoms with Crippen LogP contribution in [0.5, 0.6) is 5.75 Å². The highest BCUT2D eigenvalue weighted by Crippen LogP contribution is 2.23. The van der Waals surface area contributed by atoms with Crippen molar-refractivity contribution in [2.24, 2.45) is 0 Å². The van der Waals surface area contributed by atoms with Crippen molar-refractivity contribution in [3.8, 4) is 11.8 Å². The van der Waals surface area contributed by atoms with Gasteiger partial charge < -0.3 is 10.1 Å². The predicted molar refractivity (Wildman–Crippen MR) is 81.7 cm³/mol. The van der Waals surface area contributed by atoms with Crippen LogP contribution in [0.3, 0.4) is 0 Å². The van der Waals surface area contributed by atoms with E-state index in [0.717, 1.165) is 0 Å². The fourth-order valence-corrected chi connectivity index (χ4v) is 1.83. The average Bonchev–Trinajstić information content (AvgIpc) is 2.54. The van der Waals surface area contributed by atoms with Crippen LogP contribution in [0.2, 0.25) is 0 Å². The van der Waals surface area contributed by atoms with Crippen molar-refractivity contribution in [1.29, 1.82) is 5.26 Å². The predicted octanol–water partition coefficient (Wildman–Crippen LogP) is 3.83. The molecule has 0 unspecified atom stereocenters. The molecule has 0 saturated heterocycles. The second-order valence-electron chi connectivity index (χ2n) is 4.41. The van der Waals surface area contributed by atoms with E-state index in [4.69, 9.17) is 5.26 Å². The summed E-state index contributed by atoms with van der Waals surface area (Å²) in [7, 11) is 0. The van der Waals surface area contributed by atoms with Crippen molar-refractivity contribution in [2.75, 3.05) is 5.32 Å². The minimum atomic E-state index is -2.99. The van der Waals surface area contributed by atoms with Gasteiger partial charge in [0.2, 0.25) is 0 Å². The minimum Gasteiger partial charge on any atom is -0.434 e. The third kappa shape index (κ3) is 4.64. The molecule has 0 saturated carbocycles. The van der Waals surface area contributed by atoms with Gasteiger partial charge in [0.15, 0.2) is 0 Å². The molecule has 2 aromatic carbocycles. The summed E-state index contributed by atoms with van der Waals surface area (Å²) in [6.07, 6.45) is 1.20. The molecule has 1 N–H and O–H groups in total. The highest BCUT2D eigenvalue weighted by molar-refractivity contribution is 6.09. The van der Waals surface area contributed by atoms with Crippen LogP contribution in [0.4, 0.5) is 14.5 Å². The van der Waals surface area contributed by atoms with Crippen molar-refractivity contribution in [3.05, 3.63) is 65.7 Å². The Kier molecular flexibility index (Phi) is 5.42. The first-order valence-corrected chi connectivity index (χ1v) is 6.62. The van der Waals surface area contributed by atoms with Gasteiger partial charge in [0.25, 0.3) is 5.91 Å². The Hall–Kier alpha value is -3.20. The van der Waals surface area contributed by atoms with E-state index in [1.165, 1.54) is 24.3 Å². The van der Waals surface area contributed by atoms with Gasteiger partial charge in [-0.2, -0.15) is 14.0 Å². The summed E-state index contributed by atoms with van der Waals surface area (Å²) in [5.74, 6) is -0.742. The van der Waals surface area contributed by atoms with E-state index in [-0.39, 0.29) is 16.9 Å². The van der Waals surface area contributed by atoms with E-state index in [2.05, 4.69) is 10.1 Å². The van der Waals surface area contributed by atoms with Crippen LogP contribution in [-0.2, 0) is 4.79 Å². The summed E-state index contributed by atoms with van der Waals surface area (Å²) in [6.45, 7) is -2.99. The second-order valence-corrected chi connectivity index (χ2v) is 4.41. The largest absolute Gasteiger partial charge is 0.434 e. The molecule has 4 nitrogen and oxygen atoms in total. The minimum absolute atomic E-state index is 0.109. The first-order chi connectivity index (χ1) is 11.1. The molecule has 0 aliphatic carbocycles. The van der Waals surface area contributed by atoms with E-state index >= 15 is 0 Å². The Morgan fingerprint density at radius 2 is 1.78 bits per heavy atom. The smallest absolute Gasteiger partial charge is 0.387 e. The lowest BCUT2D eigenvalue weighted by Gasteiger charge is -2.08. The number of carbonyl (C=O) groups is 1. The Morgan fingerprint density at radius 3 is 2.43 bits per heavy atom. The molecule has 23 heavy (non-hydrogen) atoms. The molecule has 0 aliphatic rings. The van der Waals surface area contributed by atoms with E-state index in [0.29, 0.717) is 5.69 Å². The maximum atomic E-state index is 12.4. The molecule has 0 aromatic heterocycles. The number of hydrogen-bond acceptors (Lipinski definition) is 3. The summed E-state index contributed by atoms with van der Waals surface area (Å²) >= 11 is 0. The number of nitrogens with one attached hydrogen (secondary N) is 1. The summed E-state index contributed by atoms with van der Waals surface area (Å²) < 4.78 is 29.1. The van der Waals surface area contributed by atoms with Crippen LogP contribution in [0.1, 0.15) is 5.56 Å². The van der Waals surface area contributed by atoms with Crippen molar-refractivity contribution < 1.29 is 18.3 Å². The van der Waals surface area contributed by atoms with Gasteiger partial charge in [-0.3, -0.25) is 4.79 Å². The fraction of sp³-hybridized carbons (Fsp3) is 0.0588. The number of rotatable bonds is 5. The molecule has 0 bridgehead atoms. The average molecular weight is 314 g/mol. The molecular formula is C17H12F2N2O2. The summed E-state index contributed by atoms with van der Waals surface area (Å²) in [5.41, 5.74) is 0.516. The molecular weight excluding hydrogens is 302 g/mol. The van der Waals surface area contributed by atoms with Gasteiger partial charge in [-0.15, -0.1) is 0 Å². The maximum absolute atomic E-state index is 12.4. The van der Waals surface area contributed by atoms with Crippen molar-refractivity contribution in [1.82, 2.24) is 0 Å². The topological polar surface area (TPSA) is 62.1 Å². The van der Waals surface area contributed by atoms with Crippen molar-refractivity contribution in [2.45, 2.75) is 6.61 Å². The zero-order valence-electron chi connectivity index (χ0n) is 11.9. The molecule has 2 rings (SSSR count). The van der Waals surface area contributed by atoms with Gasteiger partial charge in [0.05, 0.1) is 0 Å². The summed E-state index contributed by atoms with van der Waals surface area (Å²) in [4.78, 5) is 12.1. The summed E-state index contributed by atoms with van der Waals surface area (Å²) in [5, 5.41) is 11.7. The molecule has 0 spiro atoms. The van der Waals surface area contributed by atoms with Crippen molar-refractivity contribution >= 4 is 17.7 Å². The Bertz CT molecular complexity index is 753. The number of anilines is 1. The molecule has 0 atom stereocenters.